The number of nitrogen functional groups attached to an aromatic ring is 1. The molecular weight excluding hydrogens is 445 g/mol. The lowest BCUT2D eigenvalue weighted by Crippen LogP contribution is -2.26. The zero-order valence-electron chi connectivity index (χ0n) is 18.0. The second kappa shape index (κ2) is 9.79. The number of nitrogens with one attached hydrogen (secondary N) is 1. The van der Waals surface area contributed by atoms with Gasteiger partial charge in [0.1, 0.15) is 12.4 Å². The van der Waals surface area contributed by atoms with Crippen molar-refractivity contribution in [2.24, 2.45) is 0 Å². The van der Waals surface area contributed by atoms with Gasteiger partial charge in [-0.25, -0.2) is 4.79 Å². The number of nitrogens with two attached hydrogens (primary N) is 1. The van der Waals surface area contributed by atoms with Crippen molar-refractivity contribution < 1.29 is 27.4 Å². The van der Waals surface area contributed by atoms with Crippen LogP contribution in [0.3, 0.4) is 0 Å². The monoisotopic (exact) mass is 466 g/mol. The summed E-state index contributed by atoms with van der Waals surface area (Å²) in [5.74, 6) is 5.04. The van der Waals surface area contributed by atoms with Gasteiger partial charge in [-0.1, -0.05) is 60.4 Å². The maximum atomic E-state index is 12.4. The van der Waals surface area contributed by atoms with E-state index in [0.29, 0.717) is 0 Å². The molecule has 0 radical (unpaired) electrons. The van der Waals surface area contributed by atoms with Crippen LogP contribution in [0, 0.1) is 11.8 Å². The summed E-state index contributed by atoms with van der Waals surface area (Å²) >= 11 is 0. The Morgan fingerprint density at radius 1 is 1.00 bits per heavy atom. The maximum absolute atomic E-state index is 12.4. The zero-order chi connectivity index (χ0) is 24.1. The third kappa shape index (κ3) is 5.44. The van der Waals surface area contributed by atoms with Crippen LogP contribution in [0.4, 0.5) is 23.7 Å². The average molecular weight is 466 g/mol. The van der Waals surface area contributed by atoms with Crippen LogP contribution in [0.25, 0.3) is 11.1 Å². The molecular formula is C26H21F3N2O3. The predicted octanol–water partition coefficient (Wildman–Crippen LogP) is 5.45. The maximum Gasteiger partial charge on any atom is 0.573 e. The summed E-state index contributed by atoms with van der Waals surface area (Å²) < 4.78 is 46.4. The molecule has 34 heavy (non-hydrogen) atoms. The molecule has 0 fully saturated rings. The molecule has 1 aliphatic carbocycles. The van der Waals surface area contributed by atoms with E-state index in [2.05, 4.69) is 34.0 Å². The van der Waals surface area contributed by atoms with Crippen LogP contribution in [0.15, 0.2) is 66.7 Å². The SMILES string of the molecule is Nc1ccc(OC(F)(F)F)cc1C#CCCNC(=O)OCC1c2ccccc2-c2ccccc21. The van der Waals surface area contributed by atoms with Gasteiger partial charge in [0, 0.05) is 24.6 Å². The van der Waals surface area contributed by atoms with E-state index in [9.17, 15) is 18.0 Å². The lowest BCUT2D eigenvalue weighted by molar-refractivity contribution is -0.274. The minimum absolute atomic E-state index is 0.0351. The van der Waals surface area contributed by atoms with E-state index in [1.807, 2.05) is 36.4 Å². The number of amides is 1. The number of carbonyl (C=O) groups is 1. The van der Waals surface area contributed by atoms with Gasteiger partial charge < -0.3 is 20.5 Å². The van der Waals surface area contributed by atoms with Crippen molar-refractivity contribution in [2.45, 2.75) is 18.7 Å². The van der Waals surface area contributed by atoms with Crippen LogP contribution in [-0.4, -0.2) is 25.6 Å². The highest BCUT2D eigenvalue weighted by Crippen LogP contribution is 2.44. The van der Waals surface area contributed by atoms with Gasteiger partial charge in [-0.2, -0.15) is 0 Å². The first kappa shape index (κ1) is 23.1. The van der Waals surface area contributed by atoms with Crippen LogP contribution in [0.5, 0.6) is 5.75 Å². The number of carbonyl (C=O) groups excluding carboxylic acids is 1. The van der Waals surface area contributed by atoms with Gasteiger partial charge in [0.05, 0.1) is 5.56 Å². The Labute approximate surface area is 194 Å². The minimum atomic E-state index is -4.80. The Hall–Kier alpha value is -4.12. The molecule has 0 bridgehead atoms. The van der Waals surface area contributed by atoms with Gasteiger partial charge >= 0.3 is 12.5 Å². The van der Waals surface area contributed by atoms with E-state index >= 15 is 0 Å². The second-order valence-corrected chi connectivity index (χ2v) is 7.60. The third-order valence-corrected chi connectivity index (χ3v) is 5.34. The van der Waals surface area contributed by atoms with E-state index < -0.39 is 18.2 Å². The van der Waals surface area contributed by atoms with Crippen molar-refractivity contribution in [3.63, 3.8) is 0 Å². The van der Waals surface area contributed by atoms with Crippen molar-refractivity contribution in [3.05, 3.63) is 83.4 Å². The van der Waals surface area contributed by atoms with E-state index in [4.69, 9.17) is 10.5 Å². The minimum Gasteiger partial charge on any atom is -0.449 e. The highest BCUT2D eigenvalue weighted by atomic mass is 19.4. The number of alkyl carbamates (subject to hydrolysis) is 1. The Morgan fingerprint density at radius 3 is 2.29 bits per heavy atom. The van der Waals surface area contributed by atoms with Crippen LogP contribution >= 0.6 is 0 Å². The highest BCUT2D eigenvalue weighted by Gasteiger charge is 2.31. The van der Waals surface area contributed by atoms with Crippen molar-refractivity contribution in [3.8, 4) is 28.7 Å². The summed E-state index contributed by atoms with van der Waals surface area (Å²) in [5.41, 5.74) is 10.7. The quantitative estimate of drug-likeness (QED) is 0.298. The number of hydrogen-bond donors (Lipinski definition) is 2. The largest absolute Gasteiger partial charge is 0.573 e. The first-order valence-electron chi connectivity index (χ1n) is 10.5. The molecule has 0 heterocycles. The van der Waals surface area contributed by atoms with Gasteiger partial charge in [-0.15, -0.1) is 13.2 Å². The smallest absolute Gasteiger partial charge is 0.449 e. The number of anilines is 1. The highest BCUT2D eigenvalue weighted by molar-refractivity contribution is 5.79. The van der Waals surface area contributed by atoms with Gasteiger partial charge in [0.2, 0.25) is 0 Å². The Bertz CT molecular complexity index is 1220. The molecule has 1 aliphatic rings. The van der Waals surface area contributed by atoms with E-state index in [1.165, 1.54) is 6.07 Å². The molecule has 3 N–H and O–H groups in total. The van der Waals surface area contributed by atoms with E-state index in [-0.39, 0.29) is 36.7 Å². The molecule has 8 heteroatoms. The van der Waals surface area contributed by atoms with Crippen LogP contribution in [-0.2, 0) is 4.74 Å². The van der Waals surface area contributed by atoms with E-state index in [1.54, 1.807) is 0 Å². The number of hydrogen-bond acceptors (Lipinski definition) is 4. The lowest BCUT2D eigenvalue weighted by Gasteiger charge is -2.14. The molecule has 3 aromatic rings. The second-order valence-electron chi connectivity index (χ2n) is 7.60. The Balaban J connectivity index is 1.28. The molecule has 0 spiro atoms. The fraction of sp³-hybridized carbons (Fsp3) is 0.192. The molecule has 1 amide bonds. The average Bonchev–Trinajstić information content (AvgIpc) is 3.12. The van der Waals surface area contributed by atoms with Crippen molar-refractivity contribution >= 4 is 11.8 Å². The molecule has 4 rings (SSSR count). The lowest BCUT2D eigenvalue weighted by atomic mass is 9.98. The fourth-order valence-electron chi connectivity index (χ4n) is 3.87. The molecule has 0 unspecified atom stereocenters. The van der Waals surface area contributed by atoms with Gasteiger partial charge in [-0.05, 0) is 40.5 Å². The number of ether oxygens (including phenoxy) is 2. The van der Waals surface area contributed by atoms with Crippen LogP contribution < -0.4 is 15.8 Å². The summed E-state index contributed by atoms with van der Waals surface area (Å²) in [6.07, 6.45) is -5.11. The van der Waals surface area contributed by atoms with Crippen molar-refractivity contribution in [1.82, 2.24) is 5.32 Å². The zero-order valence-corrected chi connectivity index (χ0v) is 18.0. The summed E-state index contributed by atoms with van der Waals surface area (Å²) in [5, 5.41) is 2.63. The molecule has 0 aromatic heterocycles. The van der Waals surface area contributed by atoms with Gasteiger partial charge in [-0.3, -0.25) is 0 Å². The number of halogens is 3. The van der Waals surface area contributed by atoms with E-state index in [0.717, 1.165) is 34.4 Å². The fourth-order valence-corrected chi connectivity index (χ4v) is 3.87. The standard InChI is InChI=1S/C26H21F3N2O3/c27-26(28,29)34-18-12-13-24(30)17(15-18)7-5-6-14-31-25(32)33-16-23-21-10-3-1-8-19(21)20-9-2-4-11-22(20)23/h1-4,8-13,15,23H,6,14,16,30H2,(H,31,32). The molecule has 0 aliphatic heterocycles. The molecule has 0 atom stereocenters. The summed E-state index contributed by atoms with van der Waals surface area (Å²) in [6, 6.07) is 19.6. The Morgan fingerprint density at radius 2 is 1.65 bits per heavy atom. The topological polar surface area (TPSA) is 73.6 Å². The van der Waals surface area contributed by atoms with Crippen molar-refractivity contribution in [2.75, 3.05) is 18.9 Å². The van der Waals surface area contributed by atoms with Gasteiger partial charge in [0.15, 0.2) is 0 Å². The number of rotatable bonds is 5. The summed E-state index contributed by atoms with van der Waals surface area (Å²) in [7, 11) is 0. The van der Waals surface area contributed by atoms with Crippen molar-refractivity contribution in [1.29, 1.82) is 0 Å². The third-order valence-electron chi connectivity index (χ3n) is 5.34. The molecule has 0 saturated heterocycles. The number of benzene rings is 3. The normalized spacial score (nSPS) is 12.2. The molecule has 5 nitrogen and oxygen atoms in total. The first-order valence-corrected chi connectivity index (χ1v) is 10.5. The molecule has 174 valence electrons. The number of alkyl halides is 3. The summed E-state index contributed by atoms with van der Waals surface area (Å²) in [4.78, 5) is 12.2. The Kier molecular flexibility index (Phi) is 6.64. The predicted molar refractivity (Wildman–Crippen MR) is 122 cm³/mol. The summed E-state index contributed by atoms with van der Waals surface area (Å²) in [6.45, 7) is 0.413. The molecule has 3 aromatic carbocycles. The van der Waals surface area contributed by atoms with Gasteiger partial charge in [0.25, 0.3) is 0 Å². The number of fused-ring (bicyclic) bond motifs is 3. The van der Waals surface area contributed by atoms with Crippen LogP contribution in [0.2, 0.25) is 0 Å². The van der Waals surface area contributed by atoms with Crippen LogP contribution in [0.1, 0.15) is 29.0 Å². The first-order chi connectivity index (χ1) is 16.3. The molecule has 0 saturated carbocycles.